The standard InChI is InChI=1S/C15H24N4O2S.HI/c1-3-16-15(19-14-7-9-22(20,21)11-14)17-8-6-13-5-4-12(2)18-10-13;/h4-5,10,14H,3,6-9,11H2,1-2H3,(H2,16,17,19);1H. The molecule has 0 saturated carbocycles. The van der Waals surface area contributed by atoms with Gasteiger partial charge in [0, 0.05) is 31.0 Å². The van der Waals surface area contributed by atoms with Crippen molar-refractivity contribution in [1.29, 1.82) is 0 Å². The summed E-state index contributed by atoms with van der Waals surface area (Å²) in [5.74, 6) is 1.14. The van der Waals surface area contributed by atoms with Crippen LogP contribution in [0.3, 0.4) is 0 Å². The Morgan fingerprint density at radius 2 is 2.22 bits per heavy atom. The van der Waals surface area contributed by atoms with Gasteiger partial charge in [-0.15, -0.1) is 24.0 Å². The molecule has 6 nitrogen and oxygen atoms in total. The zero-order valence-electron chi connectivity index (χ0n) is 13.6. The van der Waals surface area contributed by atoms with E-state index >= 15 is 0 Å². The van der Waals surface area contributed by atoms with Crippen molar-refractivity contribution in [3.8, 4) is 0 Å². The summed E-state index contributed by atoms with van der Waals surface area (Å²) in [7, 11) is -2.88. The number of guanidine groups is 1. The highest BCUT2D eigenvalue weighted by molar-refractivity contribution is 14.0. The van der Waals surface area contributed by atoms with Crippen LogP contribution in [-0.4, -0.2) is 50.0 Å². The molecule has 0 bridgehead atoms. The Hall–Kier alpha value is -0.900. The first-order chi connectivity index (χ1) is 10.5. The second kappa shape index (κ2) is 9.41. The average molecular weight is 452 g/mol. The highest BCUT2D eigenvalue weighted by Gasteiger charge is 2.28. The molecule has 1 atom stereocenters. The van der Waals surface area contributed by atoms with Crippen LogP contribution in [0.1, 0.15) is 24.6 Å². The van der Waals surface area contributed by atoms with E-state index in [1.54, 1.807) is 0 Å². The third-order valence-electron chi connectivity index (χ3n) is 3.56. The number of nitrogens with one attached hydrogen (secondary N) is 2. The maximum Gasteiger partial charge on any atom is 0.191 e. The monoisotopic (exact) mass is 452 g/mol. The molecule has 0 aliphatic carbocycles. The lowest BCUT2D eigenvalue weighted by molar-refractivity contribution is 0.599. The Morgan fingerprint density at radius 3 is 2.78 bits per heavy atom. The third kappa shape index (κ3) is 7.03. The minimum absolute atomic E-state index is 0. The molecule has 2 rings (SSSR count). The van der Waals surface area contributed by atoms with Gasteiger partial charge in [0.25, 0.3) is 0 Å². The van der Waals surface area contributed by atoms with Crippen molar-refractivity contribution < 1.29 is 8.42 Å². The summed E-state index contributed by atoms with van der Waals surface area (Å²) in [4.78, 5) is 8.78. The Balaban J connectivity index is 0.00000264. The van der Waals surface area contributed by atoms with Gasteiger partial charge in [0.2, 0.25) is 0 Å². The number of pyridine rings is 1. The van der Waals surface area contributed by atoms with E-state index in [0.29, 0.717) is 18.9 Å². The number of aromatic nitrogens is 1. The number of sulfone groups is 1. The Kier molecular flexibility index (Phi) is 8.24. The molecule has 8 heteroatoms. The van der Waals surface area contributed by atoms with E-state index in [9.17, 15) is 8.42 Å². The summed E-state index contributed by atoms with van der Waals surface area (Å²) >= 11 is 0. The molecule has 23 heavy (non-hydrogen) atoms. The lowest BCUT2D eigenvalue weighted by atomic mass is 10.2. The Labute approximate surface area is 155 Å². The molecule has 1 aromatic rings. The minimum atomic E-state index is -2.88. The summed E-state index contributed by atoms with van der Waals surface area (Å²) in [5.41, 5.74) is 2.15. The van der Waals surface area contributed by atoms with Crippen LogP contribution in [0.2, 0.25) is 0 Å². The normalized spacial score (nSPS) is 19.9. The fourth-order valence-electron chi connectivity index (χ4n) is 2.37. The van der Waals surface area contributed by atoms with Crippen LogP contribution in [0.25, 0.3) is 0 Å². The second-order valence-corrected chi connectivity index (χ2v) is 7.79. The summed E-state index contributed by atoms with van der Waals surface area (Å²) in [5, 5.41) is 6.37. The van der Waals surface area contributed by atoms with E-state index in [4.69, 9.17) is 0 Å². The quantitative estimate of drug-likeness (QED) is 0.400. The van der Waals surface area contributed by atoms with Crippen molar-refractivity contribution in [2.45, 2.75) is 32.7 Å². The van der Waals surface area contributed by atoms with Crippen molar-refractivity contribution in [2.75, 3.05) is 24.6 Å². The van der Waals surface area contributed by atoms with Crippen LogP contribution in [-0.2, 0) is 16.3 Å². The van der Waals surface area contributed by atoms with Crippen LogP contribution < -0.4 is 10.6 Å². The lowest BCUT2D eigenvalue weighted by Gasteiger charge is -2.15. The van der Waals surface area contributed by atoms with Gasteiger partial charge >= 0.3 is 0 Å². The van der Waals surface area contributed by atoms with Gasteiger partial charge in [0.15, 0.2) is 15.8 Å². The van der Waals surface area contributed by atoms with Gasteiger partial charge in [-0.2, -0.15) is 0 Å². The molecule has 0 spiro atoms. The minimum Gasteiger partial charge on any atom is -0.357 e. The van der Waals surface area contributed by atoms with E-state index < -0.39 is 9.84 Å². The van der Waals surface area contributed by atoms with Crippen LogP contribution in [0.15, 0.2) is 23.3 Å². The Morgan fingerprint density at radius 1 is 1.43 bits per heavy atom. The van der Waals surface area contributed by atoms with Crippen molar-refractivity contribution in [1.82, 2.24) is 15.6 Å². The van der Waals surface area contributed by atoms with E-state index in [1.165, 1.54) is 0 Å². The molecule has 1 saturated heterocycles. The van der Waals surface area contributed by atoms with Crippen molar-refractivity contribution in [2.24, 2.45) is 4.99 Å². The molecule has 1 aliphatic rings. The highest BCUT2D eigenvalue weighted by Crippen LogP contribution is 2.11. The van der Waals surface area contributed by atoms with Crippen LogP contribution in [0.5, 0.6) is 0 Å². The summed E-state index contributed by atoms with van der Waals surface area (Å²) in [6, 6.07) is 4.01. The van der Waals surface area contributed by atoms with Gasteiger partial charge in [-0.25, -0.2) is 8.42 Å². The smallest absolute Gasteiger partial charge is 0.191 e. The molecular formula is C15H25IN4O2S. The number of hydrogen-bond donors (Lipinski definition) is 2. The van der Waals surface area contributed by atoms with Crippen LogP contribution >= 0.6 is 24.0 Å². The van der Waals surface area contributed by atoms with Gasteiger partial charge in [-0.05, 0) is 38.3 Å². The highest BCUT2D eigenvalue weighted by atomic mass is 127. The van der Waals surface area contributed by atoms with Gasteiger partial charge in [0.1, 0.15) is 0 Å². The number of nitrogens with zero attached hydrogens (tertiary/aromatic N) is 2. The van der Waals surface area contributed by atoms with Crippen molar-refractivity contribution in [3.05, 3.63) is 29.6 Å². The molecule has 1 aromatic heterocycles. The van der Waals surface area contributed by atoms with Crippen molar-refractivity contribution in [3.63, 3.8) is 0 Å². The maximum atomic E-state index is 11.5. The van der Waals surface area contributed by atoms with Gasteiger partial charge < -0.3 is 10.6 Å². The lowest BCUT2D eigenvalue weighted by Crippen LogP contribution is -2.44. The van der Waals surface area contributed by atoms with Gasteiger partial charge in [0.05, 0.1) is 11.5 Å². The van der Waals surface area contributed by atoms with E-state index in [0.717, 1.165) is 24.2 Å². The summed E-state index contributed by atoms with van der Waals surface area (Å²) in [6.45, 7) is 5.34. The maximum absolute atomic E-state index is 11.5. The Bertz CT molecular complexity index is 617. The fraction of sp³-hybridized carbons (Fsp3) is 0.600. The van der Waals surface area contributed by atoms with E-state index in [-0.39, 0.29) is 41.5 Å². The van der Waals surface area contributed by atoms with E-state index in [1.807, 2.05) is 26.1 Å². The summed E-state index contributed by atoms with van der Waals surface area (Å²) in [6.07, 6.45) is 3.33. The molecular weight excluding hydrogens is 427 g/mol. The number of hydrogen-bond acceptors (Lipinski definition) is 4. The van der Waals surface area contributed by atoms with E-state index in [2.05, 4.69) is 26.7 Å². The largest absolute Gasteiger partial charge is 0.357 e. The first-order valence-electron chi connectivity index (χ1n) is 7.65. The zero-order chi connectivity index (χ0) is 16.0. The SMILES string of the molecule is CCNC(=NCCc1ccc(C)nc1)NC1CCS(=O)(=O)C1.I. The fourth-order valence-corrected chi connectivity index (χ4v) is 4.04. The molecule has 1 unspecified atom stereocenters. The molecule has 0 aromatic carbocycles. The topological polar surface area (TPSA) is 83.4 Å². The third-order valence-corrected chi connectivity index (χ3v) is 5.33. The van der Waals surface area contributed by atoms with Crippen LogP contribution in [0, 0.1) is 6.92 Å². The summed E-state index contributed by atoms with van der Waals surface area (Å²) < 4.78 is 23.0. The van der Waals surface area contributed by atoms with Crippen LogP contribution in [0.4, 0.5) is 0 Å². The molecule has 0 amide bonds. The number of halogens is 1. The zero-order valence-corrected chi connectivity index (χ0v) is 16.7. The molecule has 1 fully saturated rings. The molecule has 130 valence electrons. The second-order valence-electron chi connectivity index (χ2n) is 5.56. The van der Waals surface area contributed by atoms with Crippen molar-refractivity contribution >= 4 is 39.8 Å². The number of aliphatic imine (C=N–C) groups is 1. The number of aryl methyl sites for hydroxylation is 1. The van der Waals surface area contributed by atoms with Gasteiger partial charge in [-0.1, -0.05) is 6.07 Å². The number of rotatable bonds is 5. The average Bonchev–Trinajstić information content (AvgIpc) is 2.80. The first kappa shape index (κ1) is 20.1. The van der Waals surface area contributed by atoms with Gasteiger partial charge in [-0.3, -0.25) is 9.98 Å². The molecule has 1 aliphatic heterocycles. The molecule has 2 N–H and O–H groups in total. The predicted octanol–water partition coefficient (Wildman–Crippen LogP) is 1.29. The first-order valence-corrected chi connectivity index (χ1v) is 9.47. The predicted molar refractivity (Wildman–Crippen MR) is 104 cm³/mol. The molecule has 2 heterocycles. The molecule has 0 radical (unpaired) electrons.